The second-order valence-electron chi connectivity index (χ2n) is 1.99. The van der Waals surface area contributed by atoms with E-state index in [0.717, 1.165) is 11.8 Å². The monoisotopic (exact) mass is 214 g/mol. The van der Waals surface area contributed by atoms with Crippen molar-refractivity contribution >= 4 is 27.0 Å². The Balaban J connectivity index is 4.11. The summed E-state index contributed by atoms with van der Waals surface area (Å²) in [5.41, 5.74) is 4.93. The predicted molar refractivity (Wildman–Crippen MR) is 46.8 cm³/mol. The Labute approximate surface area is 74.4 Å². The van der Waals surface area contributed by atoms with Gasteiger partial charge in [0.2, 0.25) is 0 Å². The lowest BCUT2D eigenvalue weighted by Gasteiger charge is -2.08. The van der Waals surface area contributed by atoms with Gasteiger partial charge >= 0.3 is 0 Å². The highest BCUT2D eigenvalue weighted by Gasteiger charge is 2.22. The van der Waals surface area contributed by atoms with E-state index in [9.17, 15) is 8.42 Å². The molecule has 12 heavy (non-hydrogen) atoms. The van der Waals surface area contributed by atoms with Crippen molar-refractivity contribution in [2.75, 3.05) is 12.4 Å². The normalized spacial score (nSPS) is 14.2. The largest absolute Gasteiger partial charge is 0.395 e. The van der Waals surface area contributed by atoms with Crippen molar-refractivity contribution in [3.8, 4) is 0 Å². The predicted octanol–water partition coefficient (Wildman–Crippen LogP) is -1.14. The molecule has 0 aliphatic heterocycles. The van der Waals surface area contributed by atoms with Crippen molar-refractivity contribution in [1.29, 1.82) is 5.41 Å². The van der Waals surface area contributed by atoms with E-state index in [0.29, 0.717) is 0 Å². The zero-order valence-electron chi connectivity index (χ0n) is 6.10. The number of amidine groups is 1. The van der Waals surface area contributed by atoms with Gasteiger partial charge in [0.1, 0.15) is 5.25 Å². The van der Waals surface area contributed by atoms with Gasteiger partial charge in [0.15, 0.2) is 5.17 Å². The summed E-state index contributed by atoms with van der Waals surface area (Å²) in [7, 11) is -4.23. The van der Waals surface area contributed by atoms with Gasteiger partial charge in [-0.1, -0.05) is 11.8 Å². The average molecular weight is 214 g/mol. The average Bonchev–Trinajstić information content (AvgIpc) is 1.85. The first kappa shape index (κ1) is 11.7. The molecule has 0 rings (SSSR count). The zero-order valence-corrected chi connectivity index (χ0v) is 7.73. The van der Waals surface area contributed by atoms with E-state index >= 15 is 0 Å². The van der Waals surface area contributed by atoms with E-state index in [2.05, 4.69) is 0 Å². The Morgan fingerprint density at radius 3 is 2.42 bits per heavy atom. The summed E-state index contributed by atoms with van der Waals surface area (Å²) in [6.45, 7) is -0.681. The van der Waals surface area contributed by atoms with Crippen LogP contribution in [-0.4, -0.2) is 40.9 Å². The third kappa shape index (κ3) is 4.54. The van der Waals surface area contributed by atoms with Crippen LogP contribution in [0.5, 0.6) is 0 Å². The first-order valence-corrected chi connectivity index (χ1v) is 5.40. The molecule has 0 radical (unpaired) electrons. The Kier molecular flexibility index (Phi) is 4.53. The van der Waals surface area contributed by atoms with E-state index < -0.39 is 22.0 Å². The van der Waals surface area contributed by atoms with Crippen molar-refractivity contribution in [2.24, 2.45) is 5.73 Å². The number of hydrogen-bond donors (Lipinski definition) is 4. The Bertz CT molecular complexity index is 250. The van der Waals surface area contributed by atoms with E-state index in [4.69, 9.17) is 20.8 Å². The van der Waals surface area contributed by atoms with E-state index in [1.807, 2.05) is 0 Å². The molecule has 0 aliphatic carbocycles. The maximum absolute atomic E-state index is 10.4. The van der Waals surface area contributed by atoms with Crippen molar-refractivity contribution in [1.82, 2.24) is 0 Å². The molecular weight excluding hydrogens is 204 g/mol. The topological polar surface area (TPSA) is 124 Å². The molecule has 0 bridgehead atoms. The van der Waals surface area contributed by atoms with Gasteiger partial charge < -0.3 is 10.8 Å². The number of nitrogens with one attached hydrogen (secondary N) is 1. The van der Waals surface area contributed by atoms with Crippen LogP contribution >= 0.6 is 11.8 Å². The lowest BCUT2D eigenvalue weighted by molar-refractivity contribution is 0.291. The smallest absolute Gasteiger partial charge is 0.270 e. The van der Waals surface area contributed by atoms with Crippen LogP contribution in [0, 0.1) is 5.41 Å². The maximum atomic E-state index is 10.4. The minimum Gasteiger partial charge on any atom is -0.395 e. The molecular formula is C4H10N2O4S2. The maximum Gasteiger partial charge on any atom is 0.270 e. The van der Waals surface area contributed by atoms with Crippen molar-refractivity contribution in [3.05, 3.63) is 0 Å². The van der Waals surface area contributed by atoms with Gasteiger partial charge in [0.25, 0.3) is 10.1 Å². The van der Waals surface area contributed by atoms with Gasteiger partial charge in [-0.15, -0.1) is 0 Å². The molecule has 0 aromatic rings. The third-order valence-corrected chi connectivity index (χ3v) is 3.30. The standard InChI is InChI=1S/C4H10N2O4S2/c5-4(6)11-2-3(1-7)12(8,9)10/h3,7H,1-2H2,(H3,5,6)(H,8,9,10)/t3-/m1/s1. The fourth-order valence-corrected chi connectivity index (χ4v) is 1.97. The van der Waals surface area contributed by atoms with Crippen LogP contribution < -0.4 is 5.73 Å². The second kappa shape index (κ2) is 4.65. The van der Waals surface area contributed by atoms with Crippen LogP contribution in [-0.2, 0) is 10.1 Å². The number of aliphatic hydroxyl groups excluding tert-OH is 1. The van der Waals surface area contributed by atoms with Crippen molar-refractivity contribution < 1.29 is 18.1 Å². The Morgan fingerprint density at radius 2 is 2.17 bits per heavy atom. The molecule has 0 unspecified atom stereocenters. The molecule has 8 heteroatoms. The molecule has 72 valence electrons. The fourth-order valence-electron chi connectivity index (χ4n) is 0.416. The van der Waals surface area contributed by atoms with Crippen molar-refractivity contribution in [2.45, 2.75) is 5.25 Å². The number of rotatable bonds is 4. The van der Waals surface area contributed by atoms with Gasteiger partial charge in [-0.05, 0) is 0 Å². The lowest BCUT2D eigenvalue weighted by atomic mass is 10.5. The summed E-state index contributed by atoms with van der Waals surface area (Å²) < 4.78 is 29.4. The highest BCUT2D eigenvalue weighted by Crippen LogP contribution is 2.07. The molecule has 6 nitrogen and oxygen atoms in total. The number of aliphatic hydroxyl groups is 1. The third-order valence-electron chi connectivity index (χ3n) is 1.05. The van der Waals surface area contributed by atoms with Crippen LogP contribution in [0.3, 0.4) is 0 Å². The van der Waals surface area contributed by atoms with Gasteiger partial charge in [0, 0.05) is 5.75 Å². The number of hydrogen-bond acceptors (Lipinski definition) is 5. The van der Waals surface area contributed by atoms with Gasteiger partial charge in [0.05, 0.1) is 6.61 Å². The lowest BCUT2D eigenvalue weighted by Crippen LogP contribution is -2.28. The highest BCUT2D eigenvalue weighted by molar-refractivity contribution is 8.14. The summed E-state index contributed by atoms with van der Waals surface area (Å²) in [6, 6.07) is 0. The fraction of sp³-hybridized carbons (Fsp3) is 0.750. The molecule has 0 aromatic heterocycles. The number of thioether (sulfide) groups is 1. The summed E-state index contributed by atoms with van der Waals surface area (Å²) in [5.74, 6) is -0.120. The zero-order chi connectivity index (χ0) is 9.78. The van der Waals surface area contributed by atoms with Gasteiger partial charge in [-0.3, -0.25) is 9.96 Å². The van der Waals surface area contributed by atoms with Crippen molar-refractivity contribution in [3.63, 3.8) is 0 Å². The van der Waals surface area contributed by atoms with Gasteiger partial charge in [-0.2, -0.15) is 8.42 Å². The molecule has 0 saturated carbocycles. The van der Waals surface area contributed by atoms with E-state index in [1.54, 1.807) is 0 Å². The molecule has 0 aliphatic rings. The molecule has 0 saturated heterocycles. The molecule has 1 atom stereocenters. The Hall–Kier alpha value is -0.310. The minimum atomic E-state index is -4.23. The molecule has 0 amide bonds. The SMILES string of the molecule is N=C(N)SC[C@@H](CO)S(=O)(=O)O. The summed E-state index contributed by atoms with van der Waals surface area (Å²) in [5, 5.41) is 13.7. The van der Waals surface area contributed by atoms with Crippen LogP contribution in [0.4, 0.5) is 0 Å². The second-order valence-corrected chi connectivity index (χ2v) is 4.75. The van der Waals surface area contributed by atoms with Crippen LogP contribution in [0.2, 0.25) is 0 Å². The molecule has 0 fully saturated rings. The first-order chi connectivity index (χ1) is 5.38. The van der Waals surface area contributed by atoms with Crippen LogP contribution in [0.15, 0.2) is 0 Å². The van der Waals surface area contributed by atoms with E-state index in [1.165, 1.54) is 0 Å². The Morgan fingerprint density at radius 1 is 1.67 bits per heavy atom. The van der Waals surface area contributed by atoms with Gasteiger partial charge in [-0.25, -0.2) is 0 Å². The minimum absolute atomic E-state index is 0.120. The molecule has 0 heterocycles. The molecule has 5 N–H and O–H groups in total. The van der Waals surface area contributed by atoms with Crippen LogP contribution in [0.25, 0.3) is 0 Å². The van der Waals surface area contributed by atoms with Crippen LogP contribution in [0.1, 0.15) is 0 Å². The highest BCUT2D eigenvalue weighted by atomic mass is 32.2. The number of nitrogens with two attached hydrogens (primary N) is 1. The summed E-state index contributed by atoms with van der Waals surface area (Å²) in [6.07, 6.45) is 0. The summed E-state index contributed by atoms with van der Waals surface area (Å²) >= 11 is 0.753. The van der Waals surface area contributed by atoms with E-state index in [-0.39, 0.29) is 10.9 Å². The quantitative estimate of drug-likeness (QED) is 0.266. The summed E-state index contributed by atoms with van der Waals surface area (Å²) in [4.78, 5) is 0. The first-order valence-electron chi connectivity index (χ1n) is 2.92. The molecule has 0 spiro atoms. The molecule has 0 aromatic carbocycles.